The fourth-order valence-electron chi connectivity index (χ4n) is 4.32. The third-order valence-corrected chi connectivity index (χ3v) is 6.39. The van der Waals surface area contributed by atoms with Crippen molar-refractivity contribution in [2.75, 3.05) is 11.9 Å². The highest BCUT2D eigenvalue weighted by Crippen LogP contribution is 2.35. The van der Waals surface area contributed by atoms with E-state index in [0.717, 1.165) is 12.1 Å². The molecule has 3 aromatic carbocycles. The van der Waals surface area contributed by atoms with Crippen LogP contribution in [0.3, 0.4) is 0 Å². The van der Waals surface area contributed by atoms with E-state index >= 15 is 0 Å². The van der Waals surface area contributed by atoms with E-state index in [-0.39, 0.29) is 34.9 Å². The van der Waals surface area contributed by atoms with Crippen LogP contribution in [-0.4, -0.2) is 27.0 Å². The Bertz CT molecular complexity index is 1550. The molecule has 0 saturated carbocycles. The van der Waals surface area contributed by atoms with Crippen molar-refractivity contribution >= 4 is 34.2 Å². The molecule has 1 N–H and O–H groups in total. The molecule has 1 atom stereocenters. The van der Waals surface area contributed by atoms with Crippen LogP contribution in [0.4, 0.5) is 28.0 Å². The third kappa shape index (κ3) is 5.22. The van der Waals surface area contributed by atoms with Crippen molar-refractivity contribution < 1.29 is 22.4 Å². The van der Waals surface area contributed by atoms with Crippen LogP contribution in [-0.2, 0) is 6.18 Å². The highest BCUT2D eigenvalue weighted by molar-refractivity contribution is 6.30. The van der Waals surface area contributed by atoms with Crippen molar-refractivity contribution in [1.29, 1.82) is 0 Å². The molecule has 0 spiro atoms. The van der Waals surface area contributed by atoms with Crippen LogP contribution in [0.1, 0.15) is 37.7 Å². The summed E-state index contributed by atoms with van der Waals surface area (Å²) in [5.41, 5.74) is -1.25. The van der Waals surface area contributed by atoms with Gasteiger partial charge in [-0.2, -0.15) is 13.2 Å². The van der Waals surface area contributed by atoms with Gasteiger partial charge >= 0.3 is 12.2 Å². The summed E-state index contributed by atoms with van der Waals surface area (Å²) in [6, 6.07) is 13.4. The summed E-state index contributed by atoms with van der Waals surface area (Å²) in [4.78, 5) is 33.0. The molecule has 0 saturated heterocycles. The monoisotopic (exact) mass is 546 g/mol. The van der Waals surface area contributed by atoms with E-state index in [2.05, 4.69) is 10.3 Å². The molecule has 0 radical (unpaired) electrons. The van der Waals surface area contributed by atoms with Crippen LogP contribution in [0.2, 0.25) is 5.02 Å². The normalized spacial score (nSPS) is 12.4. The average Bonchev–Trinajstić information content (AvgIpc) is 2.88. The number of para-hydroxylation sites is 2. The second kappa shape index (κ2) is 10.8. The molecule has 0 aliphatic carbocycles. The first-order valence-electron chi connectivity index (χ1n) is 11.8. The Morgan fingerprint density at radius 3 is 2.42 bits per heavy atom. The van der Waals surface area contributed by atoms with Gasteiger partial charge in [0, 0.05) is 6.54 Å². The first-order chi connectivity index (χ1) is 18.1. The van der Waals surface area contributed by atoms with Crippen LogP contribution in [0.25, 0.3) is 16.6 Å². The number of aromatic nitrogens is 2. The Kier molecular flexibility index (Phi) is 7.73. The molecule has 0 aliphatic rings. The van der Waals surface area contributed by atoms with E-state index in [1.54, 1.807) is 38.1 Å². The number of nitrogens with one attached hydrogen (secondary N) is 1. The van der Waals surface area contributed by atoms with Gasteiger partial charge in [0.25, 0.3) is 5.56 Å². The maximum Gasteiger partial charge on any atom is 0.418 e. The molecule has 1 aromatic heterocycles. The Morgan fingerprint density at radius 1 is 1.08 bits per heavy atom. The Hall–Kier alpha value is -3.92. The molecule has 0 bridgehead atoms. The second-order valence-corrected chi connectivity index (χ2v) is 8.82. The molecule has 0 fully saturated rings. The average molecular weight is 547 g/mol. The van der Waals surface area contributed by atoms with Crippen LogP contribution < -0.4 is 10.9 Å². The topological polar surface area (TPSA) is 67.2 Å². The number of fused-ring (bicyclic) bond motifs is 1. The maximum absolute atomic E-state index is 13.9. The van der Waals surface area contributed by atoms with Gasteiger partial charge in [0.2, 0.25) is 0 Å². The third-order valence-electron chi connectivity index (χ3n) is 6.10. The lowest BCUT2D eigenvalue weighted by Crippen LogP contribution is -2.41. The SMILES string of the molecule is CCC(c1nc2ccccc2c(=O)n1-c1ccc(F)c(Cl)c1)N(CC)C(=O)Nc1ccccc1C(F)(F)F. The summed E-state index contributed by atoms with van der Waals surface area (Å²) in [5.74, 6) is -0.524. The summed E-state index contributed by atoms with van der Waals surface area (Å²) in [6.45, 7) is 3.51. The van der Waals surface area contributed by atoms with Gasteiger partial charge in [-0.3, -0.25) is 9.36 Å². The quantitative estimate of drug-likeness (QED) is 0.260. The van der Waals surface area contributed by atoms with Crippen molar-refractivity contribution in [2.45, 2.75) is 32.5 Å². The lowest BCUT2D eigenvalue weighted by Gasteiger charge is -2.31. The Labute approximate surface area is 220 Å². The van der Waals surface area contributed by atoms with Crippen molar-refractivity contribution in [2.24, 2.45) is 0 Å². The number of urea groups is 1. The lowest BCUT2D eigenvalue weighted by atomic mass is 10.1. The molecule has 6 nitrogen and oxygen atoms in total. The van der Waals surface area contributed by atoms with Crippen LogP contribution in [0.5, 0.6) is 0 Å². The first kappa shape index (κ1) is 27.1. The van der Waals surface area contributed by atoms with E-state index in [9.17, 15) is 27.2 Å². The standard InChI is InChI=1S/C27H23ClF4N4O2/c1-3-23(35(4-2)26(38)34-22-12-8-6-10-18(22)27(30,31)32)24-33-21-11-7-5-9-17(21)25(37)36(24)16-13-14-20(29)19(28)15-16/h5-15,23H,3-4H2,1-2H3,(H,34,38). The van der Waals surface area contributed by atoms with Crippen molar-refractivity contribution in [3.8, 4) is 5.69 Å². The van der Waals surface area contributed by atoms with Gasteiger partial charge in [-0.05, 0) is 55.8 Å². The van der Waals surface area contributed by atoms with Crippen LogP contribution >= 0.6 is 11.6 Å². The van der Waals surface area contributed by atoms with Gasteiger partial charge in [0.05, 0.1) is 38.9 Å². The van der Waals surface area contributed by atoms with E-state index in [0.29, 0.717) is 5.52 Å². The zero-order valence-electron chi connectivity index (χ0n) is 20.4. The number of rotatable bonds is 6. The predicted molar refractivity (Wildman–Crippen MR) is 138 cm³/mol. The lowest BCUT2D eigenvalue weighted by molar-refractivity contribution is -0.136. The van der Waals surface area contributed by atoms with Gasteiger partial charge in [-0.1, -0.05) is 42.8 Å². The zero-order valence-corrected chi connectivity index (χ0v) is 21.1. The van der Waals surface area contributed by atoms with Crippen LogP contribution in [0.15, 0.2) is 71.5 Å². The van der Waals surface area contributed by atoms with Gasteiger partial charge in [0.15, 0.2) is 0 Å². The number of anilines is 1. The fourth-order valence-corrected chi connectivity index (χ4v) is 4.50. The summed E-state index contributed by atoms with van der Waals surface area (Å²) in [7, 11) is 0. The minimum Gasteiger partial charge on any atom is -0.315 e. The van der Waals surface area contributed by atoms with Gasteiger partial charge in [-0.25, -0.2) is 14.2 Å². The molecule has 4 rings (SSSR count). The molecule has 38 heavy (non-hydrogen) atoms. The number of nitrogens with zero attached hydrogens (tertiary/aromatic N) is 3. The van der Waals surface area contributed by atoms with Crippen molar-refractivity contribution in [3.63, 3.8) is 0 Å². The minimum atomic E-state index is -4.67. The second-order valence-electron chi connectivity index (χ2n) is 8.41. The predicted octanol–water partition coefficient (Wildman–Crippen LogP) is 7.20. The Balaban J connectivity index is 1.86. The number of amides is 2. The molecule has 4 aromatic rings. The zero-order chi connectivity index (χ0) is 27.6. The van der Waals surface area contributed by atoms with Crippen molar-refractivity contribution in [3.05, 3.63) is 99.3 Å². The van der Waals surface area contributed by atoms with E-state index in [4.69, 9.17) is 11.6 Å². The Morgan fingerprint density at radius 2 is 1.76 bits per heavy atom. The summed E-state index contributed by atoms with van der Waals surface area (Å²) < 4.78 is 55.7. The first-order valence-corrected chi connectivity index (χ1v) is 12.2. The summed E-state index contributed by atoms with van der Waals surface area (Å²) in [6.07, 6.45) is -4.41. The molecule has 1 unspecified atom stereocenters. The summed E-state index contributed by atoms with van der Waals surface area (Å²) >= 11 is 6.01. The van der Waals surface area contributed by atoms with Crippen LogP contribution in [0, 0.1) is 5.82 Å². The highest BCUT2D eigenvalue weighted by atomic mass is 35.5. The smallest absolute Gasteiger partial charge is 0.315 e. The molecule has 198 valence electrons. The van der Waals surface area contributed by atoms with Gasteiger partial charge in [-0.15, -0.1) is 0 Å². The number of carbonyl (C=O) groups is 1. The van der Waals surface area contributed by atoms with E-state index in [1.165, 1.54) is 39.8 Å². The number of alkyl halides is 3. The minimum absolute atomic E-state index is 0.0887. The number of halogens is 5. The van der Waals surface area contributed by atoms with E-state index < -0.39 is 40.9 Å². The maximum atomic E-state index is 13.9. The number of hydrogen-bond acceptors (Lipinski definition) is 3. The number of hydrogen-bond donors (Lipinski definition) is 1. The molecule has 0 aliphatic heterocycles. The number of carbonyl (C=O) groups excluding carboxylic acids is 1. The van der Waals surface area contributed by atoms with Gasteiger partial charge in [0.1, 0.15) is 11.6 Å². The molecular formula is C27H23ClF4N4O2. The molecular weight excluding hydrogens is 524 g/mol. The summed E-state index contributed by atoms with van der Waals surface area (Å²) in [5, 5.41) is 2.44. The molecule has 11 heteroatoms. The van der Waals surface area contributed by atoms with E-state index in [1.807, 2.05) is 0 Å². The highest BCUT2D eigenvalue weighted by Gasteiger charge is 2.35. The van der Waals surface area contributed by atoms with Crippen molar-refractivity contribution in [1.82, 2.24) is 14.5 Å². The molecule has 1 heterocycles. The fraction of sp³-hybridized carbons (Fsp3) is 0.222. The number of benzene rings is 3. The van der Waals surface area contributed by atoms with Gasteiger partial charge < -0.3 is 10.2 Å². The molecule has 2 amide bonds. The largest absolute Gasteiger partial charge is 0.418 e.